The molecule has 0 aliphatic rings. The average Bonchev–Trinajstić information content (AvgIpc) is 2.43. The van der Waals surface area contributed by atoms with Gasteiger partial charge in [-0.05, 0) is 12.5 Å². The molecule has 0 fully saturated rings. The van der Waals surface area contributed by atoms with Crippen molar-refractivity contribution < 1.29 is 10.4 Å². The largest absolute Gasteiger partial charge is 0.305 e. The Morgan fingerprint density at radius 2 is 2.46 bits per heavy atom. The van der Waals surface area contributed by atoms with E-state index in [9.17, 15) is 0 Å². The number of azide groups is 1. The van der Waals surface area contributed by atoms with Crippen molar-refractivity contribution >= 4 is 5.82 Å². The van der Waals surface area contributed by atoms with Gasteiger partial charge in [0.2, 0.25) is 0 Å². The molecule has 1 aromatic heterocycles. The van der Waals surface area contributed by atoms with Gasteiger partial charge in [-0.15, -0.1) is 5.23 Å². The lowest BCUT2D eigenvalue weighted by Crippen LogP contribution is -2.16. The fourth-order valence-corrected chi connectivity index (χ4v) is 0.882. The fourth-order valence-electron chi connectivity index (χ4n) is 0.882. The number of hydrogen-bond donors (Lipinski definition) is 2. The van der Waals surface area contributed by atoms with Gasteiger partial charge in [-0.1, -0.05) is 5.11 Å². The Morgan fingerprint density at radius 1 is 1.77 bits per heavy atom. The van der Waals surface area contributed by atoms with Crippen molar-refractivity contribution in [3.63, 3.8) is 0 Å². The van der Waals surface area contributed by atoms with Crippen LogP contribution >= 0.6 is 0 Å². The number of rotatable bonds is 3. The van der Waals surface area contributed by atoms with Crippen molar-refractivity contribution in [2.45, 2.75) is 13.6 Å². The van der Waals surface area contributed by atoms with E-state index < -0.39 is 0 Å². The van der Waals surface area contributed by atoms with Crippen LogP contribution in [-0.2, 0) is 6.67 Å². The maximum Gasteiger partial charge on any atom is 0.183 e. The first-order chi connectivity index (χ1) is 6.16. The molecule has 0 saturated carbocycles. The van der Waals surface area contributed by atoms with Gasteiger partial charge in [0.25, 0.3) is 0 Å². The minimum atomic E-state index is -0.0765. The van der Waals surface area contributed by atoms with Gasteiger partial charge in [0.1, 0.15) is 12.5 Å². The van der Waals surface area contributed by atoms with Crippen LogP contribution in [0.3, 0.4) is 0 Å². The second-order valence-electron chi connectivity index (χ2n) is 2.25. The summed E-state index contributed by atoms with van der Waals surface area (Å²) in [5, 5.41) is 20.6. The Kier molecular flexibility index (Phi) is 2.70. The van der Waals surface area contributed by atoms with Gasteiger partial charge in [-0.2, -0.15) is 0 Å². The van der Waals surface area contributed by atoms with Crippen molar-refractivity contribution in [2.24, 2.45) is 5.11 Å². The van der Waals surface area contributed by atoms with E-state index in [4.69, 9.17) is 15.9 Å². The van der Waals surface area contributed by atoms with E-state index in [1.165, 1.54) is 10.8 Å². The third kappa shape index (κ3) is 1.88. The van der Waals surface area contributed by atoms with E-state index in [1.54, 1.807) is 6.92 Å². The van der Waals surface area contributed by atoms with Crippen LogP contribution in [0.2, 0.25) is 0 Å². The zero-order valence-corrected chi connectivity index (χ0v) is 6.86. The number of aryl methyl sites for hydroxylation is 1. The maximum atomic E-state index is 8.71. The van der Waals surface area contributed by atoms with E-state index in [1.807, 2.05) is 0 Å². The topological polar surface area (TPSA) is 110 Å². The molecule has 1 heterocycles. The van der Waals surface area contributed by atoms with E-state index in [-0.39, 0.29) is 17.7 Å². The van der Waals surface area contributed by atoms with Crippen molar-refractivity contribution in [1.82, 2.24) is 9.55 Å². The molecule has 8 nitrogen and oxygen atoms in total. The number of hydrogen-bond acceptors (Lipinski definition) is 5. The molecule has 1 rings (SSSR count). The van der Waals surface area contributed by atoms with Crippen LogP contribution in [0.4, 0.5) is 5.82 Å². The van der Waals surface area contributed by atoms with E-state index in [0.717, 1.165) is 0 Å². The lowest BCUT2D eigenvalue weighted by molar-refractivity contribution is 0.0247. The van der Waals surface area contributed by atoms with Crippen LogP contribution in [-0.4, -0.2) is 20.0 Å². The van der Waals surface area contributed by atoms with Crippen LogP contribution in [0.15, 0.2) is 11.3 Å². The Labute approximate surface area is 73.2 Å². The summed E-state index contributed by atoms with van der Waals surface area (Å²) in [6.45, 7) is 1.62. The molecule has 0 aromatic carbocycles. The molecular weight excluding hydrogens is 176 g/mol. The van der Waals surface area contributed by atoms with Gasteiger partial charge >= 0.3 is 0 Å². The predicted octanol–water partition coefficient (Wildman–Crippen LogP) is 1.04. The molecule has 0 radical (unpaired) electrons. The zero-order chi connectivity index (χ0) is 9.84. The van der Waals surface area contributed by atoms with Crippen molar-refractivity contribution in [1.29, 1.82) is 0 Å². The zero-order valence-electron chi connectivity index (χ0n) is 6.86. The first kappa shape index (κ1) is 9.33. The molecule has 8 heteroatoms. The lowest BCUT2D eigenvalue weighted by atomic mass is 10.7. The highest BCUT2D eigenvalue weighted by atomic mass is 16.8. The summed E-state index contributed by atoms with van der Waals surface area (Å²) in [5.41, 5.74) is 8.07. The molecule has 0 atom stereocenters. The Hall–Kier alpha value is -1.76. The van der Waals surface area contributed by atoms with Crippen LogP contribution in [0.5, 0.6) is 0 Å². The van der Waals surface area contributed by atoms with Crippen LogP contribution < -0.4 is 5.23 Å². The third-order valence-corrected chi connectivity index (χ3v) is 1.51. The minimum absolute atomic E-state index is 0.0325. The van der Waals surface area contributed by atoms with Gasteiger partial charge in [0.15, 0.2) is 5.82 Å². The number of aromatic nitrogens is 2. The molecular formula is C5H8N6O2. The Balaban J connectivity index is 3.00. The summed E-state index contributed by atoms with van der Waals surface area (Å²) in [4.78, 5) is 6.36. The predicted molar refractivity (Wildman–Crippen MR) is 42.2 cm³/mol. The lowest BCUT2D eigenvalue weighted by Gasteiger charge is -2.09. The fraction of sp³-hybridized carbons (Fsp3) is 0.400. The minimum Gasteiger partial charge on any atom is -0.305 e. The first-order valence-corrected chi connectivity index (χ1v) is 3.37. The Morgan fingerprint density at radius 3 is 3.00 bits per heavy atom. The molecule has 1 aromatic rings. The second kappa shape index (κ2) is 3.76. The van der Waals surface area contributed by atoms with Gasteiger partial charge in [0.05, 0.1) is 6.20 Å². The molecule has 0 bridgehead atoms. The summed E-state index contributed by atoms with van der Waals surface area (Å²) in [5.74, 6) is 0.570. The monoisotopic (exact) mass is 184 g/mol. The summed E-state index contributed by atoms with van der Waals surface area (Å²) >= 11 is 0. The second-order valence-corrected chi connectivity index (χ2v) is 2.25. The van der Waals surface area contributed by atoms with Gasteiger partial charge < -0.3 is 4.57 Å². The van der Waals surface area contributed by atoms with Gasteiger partial charge in [-0.3, -0.25) is 10.4 Å². The van der Waals surface area contributed by atoms with E-state index in [0.29, 0.717) is 5.82 Å². The quantitative estimate of drug-likeness (QED) is 0.316. The molecule has 0 aliphatic heterocycles. The molecule has 0 aliphatic carbocycles. The van der Waals surface area contributed by atoms with Crippen LogP contribution in [0, 0.1) is 6.92 Å². The molecule has 70 valence electrons. The van der Waals surface area contributed by atoms with Gasteiger partial charge in [0, 0.05) is 4.91 Å². The van der Waals surface area contributed by atoms with Gasteiger partial charge in [-0.25, -0.2) is 4.98 Å². The molecule has 13 heavy (non-hydrogen) atoms. The highest BCUT2D eigenvalue weighted by Crippen LogP contribution is 2.13. The molecule has 0 saturated heterocycles. The summed E-state index contributed by atoms with van der Waals surface area (Å²) in [7, 11) is 0. The van der Waals surface area contributed by atoms with Crippen molar-refractivity contribution in [3.8, 4) is 0 Å². The summed E-state index contributed by atoms with van der Waals surface area (Å²) < 4.78 is 1.35. The third-order valence-electron chi connectivity index (χ3n) is 1.51. The maximum absolute atomic E-state index is 8.71. The van der Waals surface area contributed by atoms with Crippen molar-refractivity contribution in [3.05, 3.63) is 22.5 Å². The number of anilines is 1. The Bertz CT molecular complexity index is 339. The van der Waals surface area contributed by atoms with Crippen molar-refractivity contribution in [2.75, 3.05) is 5.23 Å². The highest BCUT2D eigenvalue weighted by Gasteiger charge is 2.09. The summed E-state index contributed by atoms with van der Waals surface area (Å²) in [6.07, 6.45) is 1.25. The SMILES string of the molecule is Cc1ncc(N(O)O)n1CN=[N+]=[N-]. The van der Waals surface area contributed by atoms with E-state index >= 15 is 0 Å². The molecule has 0 amide bonds. The summed E-state index contributed by atoms with van der Waals surface area (Å²) in [6, 6.07) is 0. The van der Waals surface area contributed by atoms with Crippen LogP contribution in [0.1, 0.15) is 5.82 Å². The number of nitrogens with zero attached hydrogens (tertiary/aromatic N) is 6. The number of imidazole rings is 1. The standard InChI is InChI=1S/C5H8N6O2/c1-4-7-2-5(11(12)13)10(4)3-8-9-6/h2,12-13H,3H2,1H3. The first-order valence-electron chi connectivity index (χ1n) is 3.37. The van der Waals surface area contributed by atoms with Crippen LogP contribution in [0.25, 0.3) is 10.4 Å². The normalized spacial score (nSPS) is 9.46. The van der Waals surface area contributed by atoms with E-state index in [2.05, 4.69) is 15.0 Å². The average molecular weight is 184 g/mol. The highest BCUT2D eigenvalue weighted by molar-refractivity contribution is 5.31. The molecule has 2 N–H and O–H groups in total. The molecule has 0 spiro atoms. The molecule has 0 unspecified atom stereocenters. The smallest absolute Gasteiger partial charge is 0.183 e.